The summed E-state index contributed by atoms with van der Waals surface area (Å²) in [5.74, 6) is 7.81. The van der Waals surface area contributed by atoms with Crippen molar-refractivity contribution in [3.63, 3.8) is 0 Å². The largest absolute Gasteiger partial charge is 0.444 e. The molecule has 1 aromatic heterocycles. The van der Waals surface area contributed by atoms with Crippen LogP contribution in [0.15, 0.2) is 30.5 Å². The number of carbonyl (C=O) groups excluding carboxylic acids is 1. The Bertz CT molecular complexity index is 1070. The topological polar surface area (TPSA) is 112 Å². The Morgan fingerprint density at radius 2 is 1.97 bits per heavy atom. The Hall–Kier alpha value is -3.78. The summed E-state index contributed by atoms with van der Waals surface area (Å²) in [5, 5.41) is 18.3. The number of alkyl carbamates (subject to hydrolysis) is 1. The third-order valence-corrected chi connectivity index (χ3v) is 4.87. The molecule has 0 radical (unpaired) electrons. The summed E-state index contributed by atoms with van der Waals surface area (Å²) in [4.78, 5) is 20.8. The Labute approximate surface area is 195 Å². The van der Waals surface area contributed by atoms with Gasteiger partial charge in [-0.05, 0) is 64.3 Å². The van der Waals surface area contributed by atoms with Crippen molar-refractivity contribution >= 4 is 23.5 Å². The maximum atomic E-state index is 11.9. The van der Waals surface area contributed by atoms with E-state index in [1.807, 2.05) is 32.9 Å². The highest BCUT2D eigenvalue weighted by atomic mass is 16.6. The molecule has 8 nitrogen and oxygen atoms in total. The van der Waals surface area contributed by atoms with E-state index in [0.29, 0.717) is 17.3 Å². The first-order valence-electron chi connectivity index (χ1n) is 11.1. The van der Waals surface area contributed by atoms with Gasteiger partial charge in [-0.2, -0.15) is 10.2 Å². The first-order valence-corrected chi connectivity index (χ1v) is 11.1. The lowest BCUT2D eigenvalue weighted by Crippen LogP contribution is -2.45. The zero-order valence-corrected chi connectivity index (χ0v) is 19.5. The second-order valence-corrected chi connectivity index (χ2v) is 8.98. The van der Waals surface area contributed by atoms with Gasteiger partial charge in [0.25, 0.3) is 0 Å². The quantitative estimate of drug-likeness (QED) is 0.557. The van der Waals surface area contributed by atoms with Crippen LogP contribution in [0.4, 0.5) is 22.2 Å². The second kappa shape index (κ2) is 10.7. The number of amides is 1. The molecule has 3 rings (SSSR count). The van der Waals surface area contributed by atoms with Gasteiger partial charge in [-0.1, -0.05) is 18.8 Å². The summed E-state index contributed by atoms with van der Waals surface area (Å²) in [6.07, 6.45) is 3.87. The zero-order valence-electron chi connectivity index (χ0n) is 19.5. The van der Waals surface area contributed by atoms with E-state index in [1.54, 1.807) is 18.3 Å². The van der Waals surface area contributed by atoms with Gasteiger partial charge in [0.15, 0.2) is 0 Å². The molecule has 1 aliphatic rings. The summed E-state index contributed by atoms with van der Waals surface area (Å²) < 4.78 is 5.30. The van der Waals surface area contributed by atoms with Crippen molar-refractivity contribution in [2.75, 3.05) is 17.2 Å². The molecule has 172 valence electrons. The maximum Gasteiger partial charge on any atom is 0.407 e. The van der Waals surface area contributed by atoms with E-state index in [4.69, 9.17) is 10.00 Å². The number of anilines is 3. The molecular formula is C25H30N6O2. The van der Waals surface area contributed by atoms with Gasteiger partial charge in [0.1, 0.15) is 11.4 Å². The van der Waals surface area contributed by atoms with E-state index in [9.17, 15) is 4.79 Å². The molecule has 3 N–H and O–H groups in total. The van der Waals surface area contributed by atoms with Crippen LogP contribution >= 0.6 is 0 Å². The Morgan fingerprint density at radius 3 is 2.61 bits per heavy atom. The van der Waals surface area contributed by atoms with Crippen molar-refractivity contribution in [3.05, 3.63) is 41.6 Å². The molecule has 0 saturated heterocycles. The molecule has 0 atom stereocenters. The number of benzene rings is 1. The van der Waals surface area contributed by atoms with Crippen molar-refractivity contribution in [1.82, 2.24) is 15.3 Å². The zero-order chi connectivity index (χ0) is 23.8. The van der Waals surface area contributed by atoms with Crippen LogP contribution in [0.3, 0.4) is 0 Å². The summed E-state index contributed by atoms with van der Waals surface area (Å²) in [5.41, 5.74) is 1.62. The first-order chi connectivity index (χ1) is 15.8. The van der Waals surface area contributed by atoms with E-state index < -0.39 is 5.60 Å². The summed E-state index contributed by atoms with van der Waals surface area (Å²) >= 11 is 0. The molecule has 0 unspecified atom stereocenters. The number of nitriles is 1. The van der Waals surface area contributed by atoms with Gasteiger partial charge < -0.3 is 20.7 Å². The van der Waals surface area contributed by atoms with E-state index >= 15 is 0 Å². The van der Waals surface area contributed by atoms with Crippen LogP contribution in [0.5, 0.6) is 0 Å². The molecule has 1 aliphatic carbocycles. The lowest BCUT2D eigenvalue weighted by atomic mass is 9.81. The molecule has 8 heteroatoms. The predicted octanol–water partition coefficient (Wildman–Crippen LogP) is 4.57. The van der Waals surface area contributed by atoms with Gasteiger partial charge in [-0.25, -0.2) is 9.78 Å². The Balaban J connectivity index is 1.62. The van der Waals surface area contributed by atoms with Gasteiger partial charge in [0, 0.05) is 24.2 Å². The number of carbonyl (C=O) groups is 1. The van der Waals surface area contributed by atoms with E-state index in [1.165, 1.54) is 0 Å². The van der Waals surface area contributed by atoms with Crippen LogP contribution in [0.2, 0.25) is 0 Å². The molecule has 1 aromatic carbocycles. The second-order valence-electron chi connectivity index (χ2n) is 8.98. The van der Waals surface area contributed by atoms with Crippen molar-refractivity contribution in [2.45, 2.75) is 58.6 Å². The Morgan fingerprint density at radius 1 is 1.24 bits per heavy atom. The predicted molar refractivity (Wildman–Crippen MR) is 128 cm³/mol. The van der Waals surface area contributed by atoms with Crippen LogP contribution in [-0.2, 0) is 4.74 Å². The van der Waals surface area contributed by atoms with Gasteiger partial charge in [-0.3, -0.25) is 0 Å². The molecule has 1 heterocycles. The fraction of sp³-hybridized carbons (Fsp3) is 0.440. The fourth-order valence-corrected chi connectivity index (χ4v) is 3.18. The summed E-state index contributed by atoms with van der Waals surface area (Å²) in [7, 11) is 0. The third-order valence-electron chi connectivity index (χ3n) is 4.87. The van der Waals surface area contributed by atoms with Gasteiger partial charge in [0.05, 0.1) is 23.4 Å². The van der Waals surface area contributed by atoms with Crippen LogP contribution in [-0.4, -0.2) is 34.2 Å². The molecular weight excluding hydrogens is 416 g/mol. The molecule has 0 bridgehead atoms. The SMILES string of the molecule is CCCNc1nc(Nc2ccc(C#N)cc2)ncc1C#C[C@H]1C[C@@H](NC(=O)OC(C)(C)C)C1. The number of aromatic nitrogens is 2. The highest BCUT2D eigenvalue weighted by Gasteiger charge is 2.30. The van der Waals surface area contributed by atoms with Crippen molar-refractivity contribution in [1.29, 1.82) is 5.26 Å². The number of ether oxygens (including phenoxy) is 1. The standard InChI is InChI=1S/C25H30N6O2/c1-5-12-27-22-19(9-6-18-13-21(14-18)30-24(32)33-25(2,3)4)16-28-23(31-22)29-20-10-7-17(15-26)8-11-20/h7-8,10-11,16,18,21H,5,12-14H2,1-4H3,(H,30,32)(H2,27,28,29,31)/t18-,21+. The molecule has 2 aromatic rings. The highest BCUT2D eigenvalue weighted by molar-refractivity contribution is 5.68. The normalized spacial score (nSPS) is 16.9. The number of hydrogen-bond acceptors (Lipinski definition) is 7. The van der Waals surface area contributed by atoms with Crippen molar-refractivity contribution in [3.8, 4) is 17.9 Å². The molecule has 1 saturated carbocycles. The van der Waals surface area contributed by atoms with Gasteiger partial charge in [-0.15, -0.1) is 0 Å². The van der Waals surface area contributed by atoms with Crippen LogP contribution in [0.25, 0.3) is 0 Å². The van der Waals surface area contributed by atoms with Crippen molar-refractivity contribution < 1.29 is 9.53 Å². The minimum atomic E-state index is -0.504. The molecule has 0 spiro atoms. The summed E-state index contributed by atoms with van der Waals surface area (Å²) in [6.45, 7) is 8.39. The van der Waals surface area contributed by atoms with Gasteiger partial charge >= 0.3 is 6.09 Å². The average Bonchev–Trinajstić information content (AvgIpc) is 2.74. The van der Waals surface area contributed by atoms with Gasteiger partial charge in [0.2, 0.25) is 5.95 Å². The van der Waals surface area contributed by atoms with E-state index in [0.717, 1.165) is 37.1 Å². The lowest BCUT2D eigenvalue weighted by molar-refractivity contribution is 0.0467. The molecule has 33 heavy (non-hydrogen) atoms. The molecule has 1 fully saturated rings. The van der Waals surface area contributed by atoms with Crippen LogP contribution in [0.1, 0.15) is 58.1 Å². The number of nitrogens with zero attached hydrogens (tertiary/aromatic N) is 3. The highest BCUT2D eigenvalue weighted by Crippen LogP contribution is 2.27. The van der Waals surface area contributed by atoms with Crippen LogP contribution < -0.4 is 16.0 Å². The van der Waals surface area contributed by atoms with E-state index in [-0.39, 0.29) is 18.1 Å². The number of nitrogens with one attached hydrogen (secondary N) is 3. The maximum absolute atomic E-state index is 11.9. The minimum Gasteiger partial charge on any atom is -0.444 e. The smallest absolute Gasteiger partial charge is 0.407 e. The fourth-order valence-electron chi connectivity index (χ4n) is 3.18. The Kier molecular flexibility index (Phi) is 7.74. The van der Waals surface area contributed by atoms with Crippen molar-refractivity contribution in [2.24, 2.45) is 5.92 Å². The summed E-state index contributed by atoms with van der Waals surface area (Å²) in [6, 6.07) is 9.29. The monoisotopic (exact) mass is 446 g/mol. The minimum absolute atomic E-state index is 0.0899. The first kappa shape index (κ1) is 23.9. The number of hydrogen-bond donors (Lipinski definition) is 3. The third kappa shape index (κ3) is 7.40. The number of rotatable bonds is 6. The van der Waals surface area contributed by atoms with Crippen LogP contribution in [0, 0.1) is 29.1 Å². The van der Waals surface area contributed by atoms with E-state index in [2.05, 4.69) is 50.8 Å². The molecule has 1 amide bonds. The molecule has 0 aliphatic heterocycles. The average molecular weight is 447 g/mol. The lowest BCUT2D eigenvalue weighted by Gasteiger charge is -2.33.